The monoisotopic (exact) mass is 384 g/mol. The topological polar surface area (TPSA) is 66.6 Å². The summed E-state index contributed by atoms with van der Waals surface area (Å²) in [5.41, 5.74) is 1.78. The van der Waals surface area contributed by atoms with E-state index >= 15 is 0 Å². The van der Waals surface area contributed by atoms with Gasteiger partial charge in [0.15, 0.2) is 11.5 Å². The van der Waals surface area contributed by atoms with Gasteiger partial charge in [0.25, 0.3) is 0 Å². The first kappa shape index (κ1) is 17.4. The number of hydrogen-bond donors (Lipinski definition) is 0. The highest BCUT2D eigenvalue weighted by molar-refractivity contribution is 6.00. The second-order valence-corrected chi connectivity index (χ2v) is 7.02. The van der Waals surface area contributed by atoms with Crippen LogP contribution in [0.25, 0.3) is 22.5 Å². The van der Waals surface area contributed by atoms with Gasteiger partial charge in [-0.3, -0.25) is 4.79 Å². The molecule has 1 amide bonds. The van der Waals surface area contributed by atoms with Gasteiger partial charge < -0.3 is 9.80 Å². The van der Waals surface area contributed by atoms with Gasteiger partial charge >= 0.3 is 0 Å². The average molecular weight is 384 g/mol. The van der Waals surface area contributed by atoms with Crippen LogP contribution in [0.3, 0.4) is 0 Å². The molecule has 2 aromatic heterocycles. The number of fused-ring (bicyclic) bond motifs is 3. The van der Waals surface area contributed by atoms with Gasteiger partial charge in [0.2, 0.25) is 5.91 Å². The van der Waals surface area contributed by atoms with Crippen molar-refractivity contribution in [3.05, 3.63) is 72.6 Å². The minimum Gasteiger partial charge on any atom is -0.351 e. The first-order valence-electron chi connectivity index (χ1n) is 9.65. The molecule has 0 unspecified atom stereocenters. The number of amides is 1. The molecule has 0 radical (unpaired) electrons. The molecule has 0 saturated carbocycles. The lowest BCUT2D eigenvalue weighted by atomic mass is 10.1. The maximum Gasteiger partial charge on any atom is 0.246 e. The lowest BCUT2D eigenvalue weighted by Gasteiger charge is -2.35. The number of carbonyl (C=O) groups is 1. The quantitative estimate of drug-likeness (QED) is 0.508. The third kappa shape index (κ3) is 3.31. The molecule has 29 heavy (non-hydrogen) atoms. The fourth-order valence-corrected chi connectivity index (χ4v) is 3.72. The summed E-state index contributed by atoms with van der Waals surface area (Å²) in [5.74, 6) is 0.945. The number of hydrogen-bond acceptors (Lipinski definition) is 5. The molecule has 7 heteroatoms. The number of carbonyl (C=O) groups excluding carboxylic acids is 1. The van der Waals surface area contributed by atoms with E-state index < -0.39 is 0 Å². The Labute approximate surface area is 167 Å². The summed E-state index contributed by atoms with van der Waals surface area (Å²) in [4.78, 5) is 16.7. The van der Waals surface area contributed by atoms with Crippen molar-refractivity contribution >= 4 is 34.2 Å². The van der Waals surface area contributed by atoms with Crippen molar-refractivity contribution in [1.29, 1.82) is 0 Å². The van der Waals surface area contributed by atoms with Gasteiger partial charge in [-0.25, -0.2) is 0 Å². The molecule has 4 aromatic rings. The first-order valence-corrected chi connectivity index (χ1v) is 9.65. The third-order valence-corrected chi connectivity index (χ3v) is 5.25. The zero-order chi connectivity index (χ0) is 19.6. The summed E-state index contributed by atoms with van der Waals surface area (Å²) >= 11 is 0. The fourth-order valence-electron chi connectivity index (χ4n) is 3.72. The highest BCUT2D eigenvalue weighted by Crippen LogP contribution is 2.27. The van der Waals surface area contributed by atoms with E-state index in [1.165, 1.54) is 0 Å². The molecule has 0 bridgehead atoms. The fraction of sp³-hybridized carbons (Fsp3) is 0.182. The second-order valence-electron chi connectivity index (χ2n) is 7.02. The van der Waals surface area contributed by atoms with E-state index in [9.17, 15) is 4.79 Å². The molecule has 1 saturated heterocycles. The molecule has 0 atom stereocenters. The number of aromatic nitrogens is 4. The van der Waals surface area contributed by atoms with Crippen LogP contribution in [0.5, 0.6) is 0 Å². The molecule has 144 valence electrons. The van der Waals surface area contributed by atoms with Gasteiger partial charge in [0.05, 0.1) is 0 Å². The Morgan fingerprint density at radius 2 is 1.62 bits per heavy atom. The highest BCUT2D eigenvalue weighted by atomic mass is 16.2. The smallest absolute Gasteiger partial charge is 0.246 e. The SMILES string of the molecule is O=C(/C=C/c1ccccc1)N1CCN(c2nn3cnnc3c3ccccc23)CC1. The highest BCUT2D eigenvalue weighted by Gasteiger charge is 2.23. The number of nitrogens with zero attached hydrogens (tertiary/aromatic N) is 6. The minimum atomic E-state index is 0.0422. The largest absolute Gasteiger partial charge is 0.351 e. The molecule has 5 rings (SSSR count). The van der Waals surface area contributed by atoms with Crippen LogP contribution in [-0.4, -0.2) is 56.8 Å². The predicted octanol–water partition coefficient (Wildman–Crippen LogP) is 2.64. The molecular weight excluding hydrogens is 364 g/mol. The lowest BCUT2D eigenvalue weighted by molar-refractivity contribution is -0.126. The van der Waals surface area contributed by atoms with E-state index in [4.69, 9.17) is 5.10 Å². The number of piperazine rings is 1. The van der Waals surface area contributed by atoms with E-state index in [1.807, 2.05) is 59.5 Å². The summed E-state index contributed by atoms with van der Waals surface area (Å²) in [6.45, 7) is 2.79. The standard InChI is InChI=1S/C22H20N6O/c29-20(11-10-17-6-2-1-3-7-17)26-12-14-27(15-13-26)22-19-9-5-4-8-18(19)21-24-23-16-28(21)25-22/h1-11,16H,12-15H2/b11-10+. The molecule has 1 aliphatic heterocycles. The zero-order valence-corrected chi connectivity index (χ0v) is 15.8. The van der Waals surface area contributed by atoms with Crippen molar-refractivity contribution in [3.63, 3.8) is 0 Å². The Balaban J connectivity index is 1.34. The molecular formula is C22H20N6O. The van der Waals surface area contributed by atoms with Gasteiger partial charge in [-0.1, -0.05) is 54.6 Å². The maximum atomic E-state index is 12.6. The number of rotatable bonds is 3. The van der Waals surface area contributed by atoms with E-state index in [0.717, 1.165) is 40.9 Å². The Morgan fingerprint density at radius 1 is 0.897 bits per heavy atom. The van der Waals surface area contributed by atoms with Crippen molar-refractivity contribution in [2.75, 3.05) is 31.1 Å². The number of benzene rings is 2. The van der Waals surface area contributed by atoms with Crippen LogP contribution in [-0.2, 0) is 4.79 Å². The summed E-state index contributed by atoms with van der Waals surface area (Å²) in [6.07, 6.45) is 5.14. The summed E-state index contributed by atoms with van der Waals surface area (Å²) in [5, 5.41) is 15.0. The van der Waals surface area contributed by atoms with Crippen LogP contribution in [0.1, 0.15) is 5.56 Å². The normalized spacial score (nSPS) is 14.9. The van der Waals surface area contributed by atoms with Crippen molar-refractivity contribution in [2.45, 2.75) is 0 Å². The van der Waals surface area contributed by atoms with Crippen LogP contribution >= 0.6 is 0 Å². The van der Waals surface area contributed by atoms with Gasteiger partial charge in [-0.05, 0) is 11.6 Å². The zero-order valence-electron chi connectivity index (χ0n) is 15.8. The van der Waals surface area contributed by atoms with Crippen molar-refractivity contribution in [2.24, 2.45) is 0 Å². The summed E-state index contributed by atoms with van der Waals surface area (Å²) in [6, 6.07) is 18.0. The molecule has 1 fully saturated rings. The lowest BCUT2D eigenvalue weighted by Crippen LogP contribution is -2.48. The number of anilines is 1. The van der Waals surface area contributed by atoms with E-state index in [-0.39, 0.29) is 5.91 Å². The van der Waals surface area contributed by atoms with Gasteiger partial charge in [0, 0.05) is 43.0 Å². The maximum absolute atomic E-state index is 12.6. The third-order valence-electron chi connectivity index (χ3n) is 5.25. The molecule has 2 aromatic carbocycles. The molecule has 7 nitrogen and oxygen atoms in total. The van der Waals surface area contributed by atoms with Crippen LogP contribution < -0.4 is 4.90 Å². The van der Waals surface area contributed by atoms with Crippen molar-refractivity contribution in [1.82, 2.24) is 24.7 Å². The summed E-state index contributed by atoms with van der Waals surface area (Å²) < 4.78 is 1.72. The van der Waals surface area contributed by atoms with Crippen LogP contribution in [0.4, 0.5) is 5.82 Å². The van der Waals surface area contributed by atoms with Gasteiger partial charge in [0.1, 0.15) is 6.33 Å². The minimum absolute atomic E-state index is 0.0422. The van der Waals surface area contributed by atoms with Crippen LogP contribution in [0.15, 0.2) is 67.0 Å². The predicted molar refractivity (Wildman–Crippen MR) is 113 cm³/mol. The molecule has 1 aliphatic rings. The molecule has 0 spiro atoms. The molecule has 0 aliphatic carbocycles. The van der Waals surface area contributed by atoms with Crippen LogP contribution in [0, 0.1) is 0 Å². The second kappa shape index (κ2) is 7.35. The van der Waals surface area contributed by atoms with Crippen molar-refractivity contribution < 1.29 is 4.79 Å². The Bertz CT molecular complexity index is 1190. The van der Waals surface area contributed by atoms with Gasteiger partial charge in [-0.15, -0.1) is 15.3 Å². The van der Waals surface area contributed by atoms with E-state index in [0.29, 0.717) is 13.1 Å². The summed E-state index contributed by atoms with van der Waals surface area (Å²) in [7, 11) is 0. The first-order chi connectivity index (χ1) is 14.3. The Kier molecular flexibility index (Phi) is 4.40. The molecule has 3 heterocycles. The Hall–Kier alpha value is -3.74. The van der Waals surface area contributed by atoms with Crippen LogP contribution in [0.2, 0.25) is 0 Å². The van der Waals surface area contributed by atoms with Gasteiger partial charge in [-0.2, -0.15) is 4.52 Å². The average Bonchev–Trinajstić information content (AvgIpc) is 3.27. The van der Waals surface area contributed by atoms with Crippen molar-refractivity contribution in [3.8, 4) is 0 Å². The van der Waals surface area contributed by atoms with E-state index in [1.54, 1.807) is 16.9 Å². The molecule has 0 N–H and O–H groups in total. The van der Waals surface area contributed by atoms with E-state index in [2.05, 4.69) is 21.2 Å². The Morgan fingerprint density at radius 3 is 2.41 bits per heavy atom.